The molecule has 78 valence electrons. The molecule has 14 heavy (non-hydrogen) atoms. The van der Waals surface area contributed by atoms with Crippen LogP contribution in [0.2, 0.25) is 0 Å². The fourth-order valence-electron chi connectivity index (χ4n) is 1.07. The second-order valence-electron chi connectivity index (χ2n) is 2.95. The number of alkyl carbamates (subject to hydrolysis) is 1. The molecule has 0 unspecified atom stereocenters. The molecule has 0 aliphatic heterocycles. The van der Waals surface area contributed by atoms with Crippen molar-refractivity contribution in [3.8, 4) is 0 Å². The summed E-state index contributed by atoms with van der Waals surface area (Å²) < 4.78 is 6.50. The van der Waals surface area contributed by atoms with E-state index in [1.165, 1.54) is 0 Å². The summed E-state index contributed by atoms with van der Waals surface area (Å²) in [5.74, 6) is 0. The number of carbonyl (C=O) groups is 1. The maximum absolute atomic E-state index is 11.0. The van der Waals surface area contributed by atoms with Gasteiger partial charge in [0.15, 0.2) is 0 Å². The van der Waals surface area contributed by atoms with Crippen LogP contribution in [0.25, 0.3) is 0 Å². The number of aryl methyl sites for hydroxylation is 1. The average molecular weight is 197 g/mol. The Morgan fingerprint density at radius 1 is 1.71 bits per heavy atom. The monoisotopic (exact) mass is 197 g/mol. The molecule has 0 aromatic carbocycles. The molecule has 0 saturated heterocycles. The van der Waals surface area contributed by atoms with Crippen molar-refractivity contribution >= 4 is 6.09 Å². The molecule has 0 saturated carbocycles. The van der Waals surface area contributed by atoms with Crippen LogP contribution in [0, 0.1) is 6.92 Å². The van der Waals surface area contributed by atoms with Crippen LogP contribution in [0.5, 0.6) is 0 Å². The molecule has 0 aliphatic rings. The van der Waals surface area contributed by atoms with Crippen molar-refractivity contribution in [2.24, 2.45) is 7.05 Å². The van der Waals surface area contributed by atoms with E-state index in [-0.39, 0.29) is 0 Å². The summed E-state index contributed by atoms with van der Waals surface area (Å²) in [4.78, 5) is 11.0. The molecule has 5 heteroatoms. The topological polar surface area (TPSA) is 56.1 Å². The van der Waals surface area contributed by atoms with Gasteiger partial charge in [-0.15, -0.1) is 0 Å². The van der Waals surface area contributed by atoms with Gasteiger partial charge >= 0.3 is 6.09 Å². The van der Waals surface area contributed by atoms with Crippen molar-refractivity contribution in [3.05, 3.63) is 17.5 Å². The number of nitrogens with one attached hydrogen (secondary N) is 1. The Labute approximate surface area is 83.1 Å². The largest absolute Gasteiger partial charge is 0.450 e. The normalized spacial score (nSPS) is 9.93. The van der Waals surface area contributed by atoms with Crippen LogP contribution >= 0.6 is 0 Å². The summed E-state index contributed by atoms with van der Waals surface area (Å²) in [6.07, 6.45) is 1.34. The molecule has 1 heterocycles. The zero-order valence-corrected chi connectivity index (χ0v) is 8.70. The first-order valence-electron chi connectivity index (χ1n) is 4.53. The molecule has 1 rings (SSSR count). The molecule has 0 spiro atoms. The number of hydrogen-bond acceptors (Lipinski definition) is 3. The van der Waals surface area contributed by atoms with Crippen LogP contribution in [-0.2, 0) is 18.3 Å². The minimum atomic E-state index is -0.393. The number of ether oxygens (including phenoxy) is 1. The number of aromatic nitrogens is 2. The third-order valence-electron chi connectivity index (χ3n) is 2.04. The van der Waals surface area contributed by atoms with Gasteiger partial charge in [0.1, 0.15) is 0 Å². The molecule has 1 aromatic heterocycles. The van der Waals surface area contributed by atoms with Crippen LogP contribution in [0.1, 0.15) is 18.2 Å². The van der Waals surface area contributed by atoms with Gasteiger partial charge in [-0.05, 0) is 13.8 Å². The third kappa shape index (κ3) is 2.48. The lowest BCUT2D eigenvalue weighted by molar-refractivity contribution is 0.151. The van der Waals surface area contributed by atoms with E-state index in [1.54, 1.807) is 17.8 Å². The molecule has 1 amide bonds. The highest BCUT2D eigenvalue weighted by Gasteiger charge is 2.05. The Hall–Kier alpha value is -1.52. The van der Waals surface area contributed by atoms with Gasteiger partial charge < -0.3 is 10.1 Å². The van der Waals surface area contributed by atoms with Gasteiger partial charge in [-0.2, -0.15) is 5.10 Å². The van der Waals surface area contributed by atoms with Crippen molar-refractivity contribution < 1.29 is 9.53 Å². The number of amides is 1. The summed E-state index contributed by atoms with van der Waals surface area (Å²) in [6.45, 7) is 4.57. The van der Waals surface area contributed by atoms with Crippen molar-refractivity contribution in [2.75, 3.05) is 6.61 Å². The molecule has 1 aromatic rings. The van der Waals surface area contributed by atoms with E-state index in [9.17, 15) is 4.79 Å². The highest BCUT2D eigenvalue weighted by atomic mass is 16.5. The van der Waals surface area contributed by atoms with Crippen LogP contribution in [-0.4, -0.2) is 22.5 Å². The van der Waals surface area contributed by atoms with E-state index in [1.807, 2.05) is 14.0 Å². The van der Waals surface area contributed by atoms with Gasteiger partial charge in [-0.1, -0.05) is 0 Å². The zero-order chi connectivity index (χ0) is 10.6. The summed E-state index contributed by atoms with van der Waals surface area (Å²) in [5, 5.41) is 6.70. The molecular formula is C9H15N3O2. The zero-order valence-electron chi connectivity index (χ0n) is 8.70. The Balaban J connectivity index is 2.46. The van der Waals surface area contributed by atoms with Crippen molar-refractivity contribution in [1.29, 1.82) is 0 Å². The third-order valence-corrected chi connectivity index (χ3v) is 2.04. The minimum Gasteiger partial charge on any atom is -0.450 e. The fraction of sp³-hybridized carbons (Fsp3) is 0.556. The average Bonchev–Trinajstić information content (AvgIpc) is 2.46. The summed E-state index contributed by atoms with van der Waals surface area (Å²) in [6, 6.07) is 0. The lowest BCUT2D eigenvalue weighted by Crippen LogP contribution is -2.23. The Bertz CT molecular complexity index is 320. The second-order valence-corrected chi connectivity index (χ2v) is 2.95. The van der Waals surface area contributed by atoms with Gasteiger partial charge in [0.25, 0.3) is 0 Å². The van der Waals surface area contributed by atoms with Gasteiger partial charge in [0, 0.05) is 24.8 Å². The lowest BCUT2D eigenvalue weighted by atomic mass is 10.2. The molecule has 0 radical (unpaired) electrons. The fourth-order valence-corrected chi connectivity index (χ4v) is 1.07. The van der Waals surface area contributed by atoms with Gasteiger partial charge in [-0.25, -0.2) is 4.79 Å². The molecule has 1 N–H and O–H groups in total. The van der Waals surface area contributed by atoms with E-state index < -0.39 is 6.09 Å². The van der Waals surface area contributed by atoms with Crippen molar-refractivity contribution in [2.45, 2.75) is 20.4 Å². The maximum atomic E-state index is 11.0. The quantitative estimate of drug-likeness (QED) is 0.785. The molecule has 0 aliphatic carbocycles. The molecular weight excluding hydrogens is 182 g/mol. The number of rotatable bonds is 3. The van der Waals surface area contributed by atoms with Gasteiger partial charge in [-0.3, -0.25) is 4.68 Å². The van der Waals surface area contributed by atoms with E-state index >= 15 is 0 Å². The van der Waals surface area contributed by atoms with Crippen LogP contribution < -0.4 is 5.32 Å². The van der Waals surface area contributed by atoms with Crippen LogP contribution in [0.15, 0.2) is 6.20 Å². The number of nitrogens with zero attached hydrogens (tertiary/aromatic N) is 2. The Morgan fingerprint density at radius 2 is 2.43 bits per heavy atom. The predicted molar refractivity (Wildman–Crippen MR) is 51.8 cm³/mol. The minimum absolute atomic E-state index is 0.387. The first-order chi connectivity index (χ1) is 6.65. The van der Waals surface area contributed by atoms with E-state index in [0.29, 0.717) is 13.2 Å². The standard InChI is InChI=1S/C9H15N3O2/c1-4-14-9(13)10-5-8-6-11-12(3)7(8)2/h6H,4-5H2,1-3H3,(H,10,13). The number of hydrogen-bond donors (Lipinski definition) is 1. The Morgan fingerprint density at radius 3 is 2.93 bits per heavy atom. The first-order valence-corrected chi connectivity index (χ1v) is 4.53. The van der Waals surface area contributed by atoms with Gasteiger partial charge in [0.2, 0.25) is 0 Å². The summed E-state index contributed by atoms with van der Waals surface area (Å²) in [7, 11) is 1.86. The smallest absolute Gasteiger partial charge is 0.407 e. The summed E-state index contributed by atoms with van der Waals surface area (Å²) >= 11 is 0. The van der Waals surface area contributed by atoms with E-state index in [4.69, 9.17) is 4.74 Å². The molecule has 0 bridgehead atoms. The molecule has 0 fully saturated rings. The summed E-state index contributed by atoms with van der Waals surface area (Å²) in [5.41, 5.74) is 2.04. The van der Waals surface area contributed by atoms with Crippen molar-refractivity contribution in [1.82, 2.24) is 15.1 Å². The lowest BCUT2D eigenvalue weighted by Gasteiger charge is -2.04. The van der Waals surface area contributed by atoms with E-state index in [0.717, 1.165) is 11.3 Å². The highest BCUT2D eigenvalue weighted by molar-refractivity contribution is 5.67. The second kappa shape index (κ2) is 4.64. The SMILES string of the molecule is CCOC(=O)NCc1cnn(C)c1C. The molecule has 5 nitrogen and oxygen atoms in total. The molecule has 0 atom stereocenters. The van der Waals surface area contributed by atoms with Crippen LogP contribution in [0.4, 0.5) is 4.79 Å². The first kappa shape index (κ1) is 10.6. The Kier molecular flexibility index (Phi) is 3.50. The number of carbonyl (C=O) groups excluding carboxylic acids is 1. The van der Waals surface area contributed by atoms with E-state index in [2.05, 4.69) is 10.4 Å². The maximum Gasteiger partial charge on any atom is 0.407 e. The highest BCUT2D eigenvalue weighted by Crippen LogP contribution is 2.04. The van der Waals surface area contributed by atoms with Crippen LogP contribution in [0.3, 0.4) is 0 Å². The predicted octanol–water partition coefficient (Wildman–Crippen LogP) is 0.975. The van der Waals surface area contributed by atoms with Gasteiger partial charge in [0.05, 0.1) is 12.8 Å². The van der Waals surface area contributed by atoms with Crippen molar-refractivity contribution in [3.63, 3.8) is 0 Å².